The van der Waals surface area contributed by atoms with E-state index in [0.29, 0.717) is 10.8 Å². The molecule has 2 N–H and O–H groups in total. The summed E-state index contributed by atoms with van der Waals surface area (Å²) >= 11 is 1.30. The first-order valence-corrected chi connectivity index (χ1v) is 5.03. The molecule has 0 atom stereocenters. The van der Waals surface area contributed by atoms with Crippen molar-refractivity contribution >= 4 is 28.3 Å². The molecule has 1 heterocycles. The molecule has 15 heavy (non-hydrogen) atoms. The Hall–Kier alpha value is -1.63. The van der Waals surface area contributed by atoms with Crippen LogP contribution in [0.4, 0.5) is 5.13 Å². The number of esters is 1. The summed E-state index contributed by atoms with van der Waals surface area (Å²) < 4.78 is 4.50. The fourth-order valence-corrected chi connectivity index (χ4v) is 1.47. The van der Waals surface area contributed by atoms with E-state index in [4.69, 9.17) is 0 Å². The number of hydrazine groups is 1. The Kier molecular flexibility index (Phi) is 4.04. The zero-order chi connectivity index (χ0) is 11.3. The molecule has 0 saturated heterocycles. The van der Waals surface area contributed by atoms with Crippen LogP contribution in [0.3, 0.4) is 0 Å². The van der Waals surface area contributed by atoms with Gasteiger partial charge < -0.3 is 4.74 Å². The van der Waals surface area contributed by atoms with Crippen LogP contribution in [0.25, 0.3) is 0 Å². The highest BCUT2D eigenvalue weighted by Gasteiger charge is 2.07. The molecule has 1 aromatic heterocycles. The average Bonchev–Trinajstić information content (AvgIpc) is 2.62. The third-order valence-electron chi connectivity index (χ3n) is 1.45. The van der Waals surface area contributed by atoms with Crippen molar-refractivity contribution in [2.45, 2.75) is 13.3 Å². The van der Waals surface area contributed by atoms with Crippen molar-refractivity contribution in [3.05, 3.63) is 11.1 Å². The van der Waals surface area contributed by atoms with E-state index in [-0.39, 0.29) is 18.3 Å². The van der Waals surface area contributed by atoms with Gasteiger partial charge in [-0.3, -0.25) is 20.4 Å². The van der Waals surface area contributed by atoms with Gasteiger partial charge in [0.2, 0.25) is 11.0 Å². The lowest BCUT2D eigenvalue weighted by Crippen LogP contribution is -2.26. The number of amides is 1. The summed E-state index contributed by atoms with van der Waals surface area (Å²) in [7, 11) is 1.32. The fraction of sp³-hybridized carbons (Fsp3) is 0.375. The van der Waals surface area contributed by atoms with E-state index in [0.717, 1.165) is 0 Å². The van der Waals surface area contributed by atoms with Crippen LogP contribution in [0, 0.1) is 0 Å². The van der Waals surface area contributed by atoms with Crippen molar-refractivity contribution in [3.63, 3.8) is 0 Å². The van der Waals surface area contributed by atoms with Crippen molar-refractivity contribution < 1.29 is 14.3 Å². The summed E-state index contributed by atoms with van der Waals surface area (Å²) in [6.45, 7) is 1.38. The van der Waals surface area contributed by atoms with Gasteiger partial charge in [0.15, 0.2) is 0 Å². The highest BCUT2D eigenvalue weighted by molar-refractivity contribution is 7.13. The van der Waals surface area contributed by atoms with Crippen LogP contribution in [0.5, 0.6) is 0 Å². The number of hydrogen-bond donors (Lipinski definition) is 2. The van der Waals surface area contributed by atoms with Gasteiger partial charge in [-0.25, -0.2) is 4.98 Å². The number of carbonyl (C=O) groups excluding carboxylic acids is 2. The third kappa shape index (κ3) is 3.94. The quantitative estimate of drug-likeness (QED) is 0.574. The maximum atomic E-state index is 10.9. The third-order valence-corrected chi connectivity index (χ3v) is 2.26. The van der Waals surface area contributed by atoms with Crippen LogP contribution < -0.4 is 10.9 Å². The Morgan fingerprint density at radius 2 is 2.33 bits per heavy atom. The van der Waals surface area contributed by atoms with Crippen LogP contribution in [0.1, 0.15) is 12.6 Å². The monoisotopic (exact) mass is 229 g/mol. The second-order valence-electron chi connectivity index (χ2n) is 2.70. The molecule has 0 aromatic carbocycles. The van der Waals surface area contributed by atoms with Gasteiger partial charge in [0, 0.05) is 12.3 Å². The predicted molar refractivity (Wildman–Crippen MR) is 55.3 cm³/mol. The highest BCUT2D eigenvalue weighted by Crippen LogP contribution is 2.14. The number of nitrogens with zero attached hydrogens (tertiary/aromatic N) is 1. The zero-order valence-electron chi connectivity index (χ0n) is 8.36. The first kappa shape index (κ1) is 11.4. The number of aromatic nitrogens is 1. The van der Waals surface area contributed by atoms with Crippen LogP contribution >= 0.6 is 11.3 Å². The Morgan fingerprint density at radius 1 is 1.60 bits per heavy atom. The van der Waals surface area contributed by atoms with E-state index in [1.807, 2.05) is 0 Å². The number of rotatable bonds is 4. The van der Waals surface area contributed by atoms with Crippen molar-refractivity contribution in [1.29, 1.82) is 0 Å². The molecule has 7 heteroatoms. The minimum Gasteiger partial charge on any atom is -0.469 e. The van der Waals surface area contributed by atoms with Crippen molar-refractivity contribution in [2.75, 3.05) is 12.5 Å². The van der Waals surface area contributed by atoms with Crippen LogP contribution in [-0.4, -0.2) is 24.0 Å². The zero-order valence-corrected chi connectivity index (χ0v) is 9.18. The summed E-state index contributed by atoms with van der Waals surface area (Å²) in [4.78, 5) is 25.5. The molecule has 0 aliphatic heterocycles. The molecule has 6 nitrogen and oxygen atoms in total. The number of nitrogens with one attached hydrogen (secondary N) is 2. The van der Waals surface area contributed by atoms with Gasteiger partial charge in [-0.2, -0.15) is 0 Å². The first-order valence-electron chi connectivity index (χ1n) is 4.15. The summed E-state index contributed by atoms with van der Waals surface area (Å²) in [6, 6.07) is 0. The van der Waals surface area contributed by atoms with E-state index in [2.05, 4.69) is 20.6 Å². The molecule has 0 aliphatic rings. The molecule has 0 aliphatic carbocycles. The SMILES string of the molecule is COC(=O)Cc1csc(NNC(C)=O)n1. The Bertz CT molecular complexity index is 364. The van der Waals surface area contributed by atoms with Gasteiger partial charge in [0.25, 0.3) is 0 Å². The van der Waals surface area contributed by atoms with Gasteiger partial charge in [-0.15, -0.1) is 11.3 Å². The lowest BCUT2D eigenvalue weighted by molar-refractivity contribution is -0.139. The van der Waals surface area contributed by atoms with E-state index < -0.39 is 0 Å². The van der Waals surface area contributed by atoms with E-state index in [1.54, 1.807) is 5.38 Å². The Morgan fingerprint density at radius 3 is 2.93 bits per heavy atom. The molecule has 0 saturated carbocycles. The van der Waals surface area contributed by atoms with E-state index >= 15 is 0 Å². The molecule has 1 rings (SSSR count). The van der Waals surface area contributed by atoms with Gasteiger partial charge >= 0.3 is 5.97 Å². The lowest BCUT2D eigenvalue weighted by Gasteiger charge is -2.00. The normalized spacial score (nSPS) is 9.47. The second kappa shape index (κ2) is 5.30. The number of carbonyl (C=O) groups is 2. The summed E-state index contributed by atoms with van der Waals surface area (Å²) in [5.41, 5.74) is 5.61. The molecule has 82 valence electrons. The van der Waals surface area contributed by atoms with Crippen LogP contribution in [-0.2, 0) is 20.7 Å². The summed E-state index contributed by atoms with van der Waals surface area (Å²) in [5.74, 6) is -0.550. The lowest BCUT2D eigenvalue weighted by atomic mass is 10.3. The van der Waals surface area contributed by atoms with Gasteiger partial charge in [-0.1, -0.05) is 0 Å². The number of methoxy groups -OCH3 is 1. The predicted octanol–water partition coefficient (Wildman–Crippen LogP) is 0.322. The number of hydrogen-bond acceptors (Lipinski definition) is 6. The minimum atomic E-state index is -0.341. The Labute approximate surface area is 90.6 Å². The Balaban J connectivity index is 2.49. The van der Waals surface area contributed by atoms with E-state index in [1.165, 1.54) is 25.4 Å². The van der Waals surface area contributed by atoms with Gasteiger partial charge in [0.05, 0.1) is 19.2 Å². The number of thiazole rings is 1. The minimum absolute atomic E-state index is 0.134. The molecule has 0 fully saturated rings. The second-order valence-corrected chi connectivity index (χ2v) is 3.56. The fourth-order valence-electron chi connectivity index (χ4n) is 0.807. The molecular weight excluding hydrogens is 218 g/mol. The van der Waals surface area contributed by atoms with Crippen LogP contribution in [0.15, 0.2) is 5.38 Å². The van der Waals surface area contributed by atoms with E-state index in [9.17, 15) is 9.59 Å². The standard InChI is InChI=1S/C8H11N3O3S/c1-5(12)10-11-8-9-6(4-15-8)3-7(13)14-2/h4H,3H2,1-2H3,(H,9,11)(H,10,12). The molecule has 0 bridgehead atoms. The van der Waals surface area contributed by atoms with Gasteiger partial charge in [0.1, 0.15) is 0 Å². The topological polar surface area (TPSA) is 80.3 Å². The van der Waals surface area contributed by atoms with Crippen molar-refractivity contribution in [3.8, 4) is 0 Å². The molecular formula is C8H11N3O3S. The maximum absolute atomic E-state index is 10.9. The molecule has 0 unspecified atom stereocenters. The highest BCUT2D eigenvalue weighted by atomic mass is 32.1. The maximum Gasteiger partial charge on any atom is 0.311 e. The number of ether oxygens (including phenoxy) is 1. The van der Waals surface area contributed by atoms with Gasteiger partial charge in [-0.05, 0) is 0 Å². The molecule has 1 amide bonds. The van der Waals surface area contributed by atoms with Crippen LogP contribution in [0.2, 0.25) is 0 Å². The first-order chi connectivity index (χ1) is 7.11. The molecule has 0 radical (unpaired) electrons. The average molecular weight is 229 g/mol. The summed E-state index contributed by atoms with van der Waals surface area (Å²) in [6.07, 6.45) is 0.134. The van der Waals surface area contributed by atoms with Crippen molar-refractivity contribution in [1.82, 2.24) is 10.4 Å². The molecule has 0 spiro atoms. The largest absolute Gasteiger partial charge is 0.469 e. The van der Waals surface area contributed by atoms with Crippen molar-refractivity contribution in [2.24, 2.45) is 0 Å². The number of anilines is 1. The summed E-state index contributed by atoms with van der Waals surface area (Å²) in [5, 5.41) is 2.25. The smallest absolute Gasteiger partial charge is 0.311 e. The molecule has 1 aromatic rings.